The molecule has 15 heteroatoms. The number of hydrogen-bond donors (Lipinski definition) is 4. The van der Waals surface area contributed by atoms with Crippen molar-refractivity contribution in [3.8, 4) is 5.75 Å². The lowest BCUT2D eigenvalue weighted by Gasteiger charge is -2.24. The van der Waals surface area contributed by atoms with E-state index < -0.39 is 83.0 Å². The molecule has 46 heavy (non-hydrogen) atoms. The molecule has 0 spiro atoms. The molecule has 242 valence electrons. The monoisotopic (exact) mass is 643 g/mol. The first kappa shape index (κ1) is 33.6. The predicted molar refractivity (Wildman–Crippen MR) is 154 cm³/mol. The number of benzene rings is 2. The zero-order chi connectivity index (χ0) is 33.4. The molecule has 1 fully saturated rings. The van der Waals surface area contributed by atoms with Crippen LogP contribution in [0, 0.1) is 36.1 Å². The Hall–Kier alpha value is -5.34. The normalized spacial score (nSPS) is 15.3. The molecule has 4 rings (SSSR count). The molecule has 2 aromatic carbocycles. The molecule has 0 saturated carbocycles. The van der Waals surface area contributed by atoms with Crippen LogP contribution in [0.15, 0.2) is 54.7 Å². The number of halogens is 4. The second-order valence-corrected chi connectivity index (χ2v) is 10.4. The van der Waals surface area contributed by atoms with E-state index in [4.69, 9.17) is 4.74 Å². The summed E-state index contributed by atoms with van der Waals surface area (Å²) in [6, 6.07) is 8.45. The van der Waals surface area contributed by atoms with Gasteiger partial charge in [-0.3, -0.25) is 29.0 Å². The van der Waals surface area contributed by atoms with Gasteiger partial charge in [0.25, 0.3) is 0 Å². The van der Waals surface area contributed by atoms with Crippen LogP contribution in [-0.2, 0) is 30.4 Å². The van der Waals surface area contributed by atoms with Gasteiger partial charge >= 0.3 is 11.8 Å². The van der Waals surface area contributed by atoms with Crippen molar-refractivity contribution in [2.45, 2.75) is 38.3 Å². The molecule has 11 nitrogen and oxygen atoms in total. The van der Waals surface area contributed by atoms with Gasteiger partial charge < -0.3 is 26.0 Å². The van der Waals surface area contributed by atoms with Crippen LogP contribution in [0.2, 0.25) is 0 Å². The van der Waals surface area contributed by atoms with Crippen LogP contribution in [0.4, 0.5) is 23.2 Å². The number of amides is 4. The van der Waals surface area contributed by atoms with E-state index in [9.17, 15) is 41.5 Å². The van der Waals surface area contributed by atoms with Crippen LogP contribution >= 0.6 is 0 Å². The van der Waals surface area contributed by atoms with Crippen molar-refractivity contribution in [1.82, 2.24) is 20.9 Å². The molecular weight excluding hydrogens is 614 g/mol. The number of para-hydroxylation sites is 1. The zero-order valence-corrected chi connectivity index (χ0v) is 24.4. The minimum Gasteiger partial charge on any atom is -0.479 e. The van der Waals surface area contributed by atoms with Gasteiger partial charge in [0.2, 0.25) is 23.4 Å². The Morgan fingerprint density at radius 3 is 2.28 bits per heavy atom. The summed E-state index contributed by atoms with van der Waals surface area (Å²) in [7, 11) is 0. The molecule has 2 heterocycles. The number of anilines is 1. The Morgan fingerprint density at radius 1 is 0.957 bits per heavy atom. The second-order valence-electron chi connectivity index (χ2n) is 10.4. The van der Waals surface area contributed by atoms with Crippen molar-refractivity contribution in [3.63, 3.8) is 0 Å². The average molecular weight is 644 g/mol. The molecule has 0 unspecified atom stereocenters. The minimum atomic E-state index is -1.87. The predicted octanol–water partition coefficient (Wildman–Crippen LogP) is 2.27. The number of ether oxygens (including phenoxy) is 1. The number of rotatable bonds is 12. The van der Waals surface area contributed by atoms with Gasteiger partial charge in [-0.2, -0.15) is 8.78 Å². The Morgan fingerprint density at radius 2 is 1.65 bits per heavy atom. The third-order valence-electron chi connectivity index (χ3n) is 7.18. The van der Waals surface area contributed by atoms with Gasteiger partial charge in [-0.05, 0) is 43.5 Å². The summed E-state index contributed by atoms with van der Waals surface area (Å²) >= 11 is 0. The van der Waals surface area contributed by atoms with E-state index in [0.29, 0.717) is 29.9 Å². The Balaban J connectivity index is 1.54. The number of nitrogens with one attached hydrogen (secondary N) is 4. The Kier molecular flexibility index (Phi) is 11.0. The SMILES string of the molecule is Cc1ccccc1NC(=O)C(=O)N[C@@H](Cc1ccccn1)C(=O)N[C@@H](C[C@@H]1CCNC1=O)C(=O)COc1c(F)c(F)cc(F)c1F. The largest absolute Gasteiger partial charge is 0.479 e. The topological polar surface area (TPSA) is 156 Å². The zero-order valence-electron chi connectivity index (χ0n) is 24.4. The van der Waals surface area contributed by atoms with Crippen molar-refractivity contribution in [3.05, 3.63) is 89.3 Å². The molecule has 0 aliphatic carbocycles. The van der Waals surface area contributed by atoms with Gasteiger partial charge in [-0.25, -0.2) is 8.78 Å². The third-order valence-corrected chi connectivity index (χ3v) is 7.18. The van der Waals surface area contributed by atoms with E-state index in [2.05, 4.69) is 26.3 Å². The molecule has 0 radical (unpaired) electrons. The van der Waals surface area contributed by atoms with Gasteiger partial charge in [0.15, 0.2) is 23.2 Å². The highest BCUT2D eigenvalue weighted by Crippen LogP contribution is 2.27. The number of pyridine rings is 1. The summed E-state index contributed by atoms with van der Waals surface area (Å²) in [5.41, 5.74) is 1.37. The van der Waals surface area contributed by atoms with E-state index in [-0.39, 0.29) is 18.9 Å². The highest BCUT2D eigenvalue weighted by atomic mass is 19.2. The van der Waals surface area contributed by atoms with Crippen LogP contribution in [0.3, 0.4) is 0 Å². The fourth-order valence-electron chi connectivity index (χ4n) is 4.67. The van der Waals surface area contributed by atoms with Crippen LogP contribution in [0.5, 0.6) is 5.75 Å². The maximum Gasteiger partial charge on any atom is 0.313 e. The number of aryl methyl sites for hydroxylation is 1. The fourth-order valence-corrected chi connectivity index (χ4v) is 4.67. The molecule has 1 saturated heterocycles. The van der Waals surface area contributed by atoms with Crippen LogP contribution in [0.25, 0.3) is 0 Å². The van der Waals surface area contributed by atoms with Crippen LogP contribution in [-0.4, -0.2) is 59.6 Å². The lowest BCUT2D eigenvalue weighted by molar-refractivity contribution is -0.138. The van der Waals surface area contributed by atoms with Crippen molar-refractivity contribution in [2.75, 3.05) is 18.5 Å². The van der Waals surface area contributed by atoms with Crippen LogP contribution in [0.1, 0.15) is 24.1 Å². The highest BCUT2D eigenvalue weighted by Gasteiger charge is 2.34. The third kappa shape index (κ3) is 8.43. The number of hydrogen-bond acceptors (Lipinski definition) is 7. The minimum absolute atomic E-state index is 0.0294. The average Bonchev–Trinajstić information content (AvgIpc) is 3.44. The smallest absolute Gasteiger partial charge is 0.313 e. The van der Waals surface area contributed by atoms with E-state index in [1.165, 1.54) is 6.20 Å². The van der Waals surface area contributed by atoms with E-state index in [0.717, 1.165) is 0 Å². The van der Waals surface area contributed by atoms with Gasteiger partial charge in [0, 0.05) is 42.5 Å². The molecule has 3 aromatic rings. The standard InChI is InChI=1S/C31H29F4N5O6/c1-16-6-2-3-8-21(16)38-30(44)31(45)40-23(13-18-7-4-5-10-36-18)29(43)39-22(12-17-9-11-37-28(17)42)24(41)15-46-27-25(34)19(32)14-20(33)26(27)35/h2-8,10,14,17,22-23H,9,11-13,15H2,1H3,(H,37,42)(H,38,44)(H,39,43)(H,40,45)/t17-,22-,23-/m0/s1. The highest BCUT2D eigenvalue weighted by molar-refractivity contribution is 6.40. The summed E-state index contributed by atoms with van der Waals surface area (Å²) < 4.78 is 60.3. The van der Waals surface area contributed by atoms with Crippen molar-refractivity contribution in [1.29, 1.82) is 0 Å². The quantitative estimate of drug-likeness (QED) is 0.134. The van der Waals surface area contributed by atoms with Gasteiger partial charge in [-0.15, -0.1) is 0 Å². The van der Waals surface area contributed by atoms with E-state index in [1.54, 1.807) is 49.4 Å². The molecule has 1 aliphatic heterocycles. The summed E-state index contributed by atoms with van der Waals surface area (Å²) in [6.45, 7) is 0.859. The maximum absolute atomic E-state index is 14.1. The van der Waals surface area contributed by atoms with Crippen molar-refractivity contribution in [2.24, 2.45) is 5.92 Å². The van der Waals surface area contributed by atoms with Crippen LogP contribution < -0.4 is 26.0 Å². The number of carbonyl (C=O) groups excluding carboxylic acids is 5. The number of aromatic nitrogens is 1. The summed E-state index contributed by atoms with van der Waals surface area (Å²) in [6.07, 6.45) is 1.23. The number of ketones is 1. The molecular formula is C31H29F4N5O6. The maximum atomic E-state index is 14.1. The molecule has 1 aromatic heterocycles. The van der Waals surface area contributed by atoms with E-state index >= 15 is 0 Å². The van der Waals surface area contributed by atoms with E-state index in [1.807, 2.05) is 0 Å². The van der Waals surface area contributed by atoms with Crippen molar-refractivity contribution < 1.29 is 46.3 Å². The molecule has 1 aliphatic rings. The molecule has 4 N–H and O–H groups in total. The summed E-state index contributed by atoms with van der Waals surface area (Å²) in [5.74, 6) is -14.1. The van der Waals surface area contributed by atoms with Gasteiger partial charge in [-0.1, -0.05) is 24.3 Å². The first-order valence-electron chi connectivity index (χ1n) is 14.1. The lowest BCUT2D eigenvalue weighted by Crippen LogP contribution is -2.55. The van der Waals surface area contributed by atoms with Gasteiger partial charge in [0.1, 0.15) is 12.6 Å². The molecule has 0 bridgehead atoms. The van der Waals surface area contributed by atoms with Crippen molar-refractivity contribution >= 4 is 35.1 Å². The first-order chi connectivity index (χ1) is 21.9. The molecule has 4 amide bonds. The second kappa shape index (κ2) is 15.1. The fraction of sp³-hybridized carbons (Fsp3) is 0.290. The number of carbonyl (C=O) groups is 5. The molecule has 3 atom stereocenters. The number of nitrogens with zero attached hydrogens (tertiary/aromatic N) is 1. The summed E-state index contributed by atoms with van der Waals surface area (Å²) in [5, 5.41) is 9.78. The Bertz CT molecular complexity index is 1610. The first-order valence-corrected chi connectivity index (χ1v) is 14.1. The lowest BCUT2D eigenvalue weighted by atomic mass is 9.95. The number of Topliss-reactive ketones (excluding diaryl/α,β-unsaturated/α-hetero) is 1. The summed E-state index contributed by atoms with van der Waals surface area (Å²) in [4.78, 5) is 68.8. The van der Waals surface area contributed by atoms with Gasteiger partial charge in [0.05, 0.1) is 6.04 Å². The Labute approximate surface area is 260 Å².